The molecule has 1 N–H and O–H groups in total. The molecule has 0 unspecified atom stereocenters. The third-order valence-corrected chi connectivity index (χ3v) is 5.20. The first kappa shape index (κ1) is 16.5. The van der Waals surface area contributed by atoms with E-state index in [9.17, 15) is 4.79 Å². The summed E-state index contributed by atoms with van der Waals surface area (Å²) in [6.07, 6.45) is 3.60. The molecule has 1 aromatic rings. The molecule has 0 bridgehead atoms. The van der Waals surface area contributed by atoms with E-state index in [0.717, 1.165) is 39.0 Å². The Bertz CT molecular complexity index is 540. The number of hydrogen-bond donors (Lipinski definition) is 1. The van der Waals surface area contributed by atoms with E-state index in [-0.39, 0.29) is 5.91 Å². The van der Waals surface area contributed by atoms with E-state index in [4.69, 9.17) is 4.74 Å². The molecule has 1 amide bonds. The van der Waals surface area contributed by atoms with Crippen LogP contribution < -0.4 is 5.32 Å². The molecule has 3 rings (SSSR count). The fraction of sp³-hybridized carbons (Fsp3) is 0.632. The molecular formula is C19H28N2O2. The molecule has 23 heavy (non-hydrogen) atoms. The van der Waals surface area contributed by atoms with Crippen LogP contribution in [0.3, 0.4) is 0 Å². The van der Waals surface area contributed by atoms with Crippen LogP contribution in [-0.2, 0) is 9.53 Å². The lowest BCUT2D eigenvalue weighted by atomic mass is 9.93. The summed E-state index contributed by atoms with van der Waals surface area (Å²) in [4.78, 5) is 14.6. The first-order chi connectivity index (χ1) is 11.1. The third-order valence-electron chi connectivity index (χ3n) is 5.20. The van der Waals surface area contributed by atoms with Crippen LogP contribution in [0.2, 0.25) is 0 Å². The van der Waals surface area contributed by atoms with Crippen molar-refractivity contribution >= 4 is 5.91 Å². The van der Waals surface area contributed by atoms with E-state index in [1.807, 2.05) is 4.90 Å². The number of carbonyl (C=O) groups excluding carboxylic acids is 1. The minimum Gasteiger partial charge on any atom is -0.377 e. The van der Waals surface area contributed by atoms with Crippen LogP contribution in [0.1, 0.15) is 43.2 Å². The maximum absolute atomic E-state index is 12.5. The van der Waals surface area contributed by atoms with Gasteiger partial charge in [-0.05, 0) is 44.2 Å². The van der Waals surface area contributed by atoms with Gasteiger partial charge in [-0.3, -0.25) is 4.79 Å². The fourth-order valence-corrected chi connectivity index (χ4v) is 3.90. The molecule has 4 heteroatoms. The van der Waals surface area contributed by atoms with Crippen LogP contribution in [0.15, 0.2) is 24.3 Å². The molecule has 0 saturated carbocycles. The highest BCUT2D eigenvalue weighted by molar-refractivity contribution is 5.79. The number of amides is 1. The first-order valence-corrected chi connectivity index (χ1v) is 8.82. The minimum absolute atomic E-state index is 0.214. The second-order valence-electron chi connectivity index (χ2n) is 6.95. The van der Waals surface area contributed by atoms with Crippen LogP contribution in [-0.4, -0.2) is 49.2 Å². The van der Waals surface area contributed by atoms with Gasteiger partial charge in [-0.2, -0.15) is 0 Å². The molecule has 2 fully saturated rings. The zero-order chi connectivity index (χ0) is 16.2. The number of ether oxygens (including phenoxy) is 1. The average Bonchev–Trinajstić information content (AvgIpc) is 3.17. The predicted molar refractivity (Wildman–Crippen MR) is 91.6 cm³/mol. The molecule has 2 heterocycles. The molecule has 0 spiro atoms. The Morgan fingerprint density at radius 1 is 1.39 bits per heavy atom. The van der Waals surface area contributed by atoms with Crippen molar-refractivity contribution in [2.24, 2.45) is 0 Å². The molecule has 126 valence electrons. The van der Waals surface area contributed by atoms with Gasteiger partial charge in [0.25, 0.3) is 0 Å². The van der Waals surface area contributed by atoms with E-state index in [1.54, 1.807) is 0 Å². The van der Waals surface area contributed by atoms with Crippen molar-refractivity contribution < 1.29 is 9.53 Å². The van der Waals surface area contributed by atoms with Crippen LogP contribution >= 0.6 is 0 Å². The Labute approximate surface area is 139 Å². The van der Waals surface area contributed by atoms with Crippen LogP contribution in [0.25, 0.3) is 0 Å². The lowest BCUT2D eigenvalue weighted by Crippen LogP contribution is -2.41. The summed E-state index contributed by atoms with van der Waals surface area (Å²) in [5.41, 5.74) is 2.72. The van der Waals surface area contributed by atoms with Gasteiger partial charge >= 0.3 is 0 Å². The molecule has 4 nitrogen and oxygen atoms in total. The Morgan fingerprint density at radius 2 is 2.22 bits per heavy atom. The molecule has 3 atom stereocenters. The molecule has 1 aromatic carbocycles. The van der Waals surface area contributed by atoms with Crippen molar-refractivity contribution in [2.45, 2.75) is 51.2 Å². The number of carbonyl (C=O) groups is 1. The summed E-state index contributed by atoms with van der Waals surface area (Å²) in [6.45, 7) is 7.23. The third kappa shape index (κ3) is 3.93. The van der Waals surface area contributed by atoms with Crippen molar-refractivity contribution in [3.63, 3.8) is 0 Å². The van der Waals surface area contributed by atoms with Crippen molar-refractivity contribution in [2.75, 3.05) is 26.2 Å². The van der Waals surface area contributed by atoms with Gasteiger partial charge in [0.15, 0.2) is 0 Å². The van der Waals surface area contributed by atoms with Gasteiger partial charge < -0.3 is 15.0 Å². The van der Waals surface area contributed by atoms with E-state index < -0.39 is 0 Å². The van der Waals surface area contributed by atoms with Crippen LogP contribution in [0.4, 0.5) is 0 Å². The van der Waals surface area contributed by atoms with Crippen molar-refractivity contribution in [3.8, 4) is 0 Å². The van der Waals surface area contributed by atoms with E-state index in [2.05, 4.69) is 43.4 Å². The van der Waals surface area contributed by atoms with E-state index >= 15 is 0 Å². The lowest BCUT2D eigenvalue weighted by Gasteiger charge is -2.22. The molecule has 2 aliphatic heterocycles. The molecule has 2 aliphatic rings. The number of likely N-dealkylation sites (tertiary alicyclic amines) is 1. The number of benzene rings is 1. The zero-order valence-electron chi connectivity index (χ0n) is 14.3. The summed E-state index contributed by atoms with van der Waals surface area (Å²) in [6, 6.07) is 8.86. The zero-order valence-corrected chi connectivity index (χ0v) is 14.3. The Hall–Kier alpha value is -1.39. The molecule has 0 aliphatic carbocycles. The Kier molecular flexibility index (Phi) is 5.34. The minimum atomic E-state index is 0.214. The topological polar surface area (TPSA) is 41.6 Å². The second-order valence-corrected chi connectivity index (χ2v) is 6.95. The van der Waals surface area contributed by atoms with Crippen molar-refractivity contribution in [1.82, 2.24) is 10.2 Å². The number of nitrogens with zero attached hydrogens (tertiary/aromatic N) is 1. The molecular weight excluding hydrogens is 288 g/mol. The lowest BCUT2D eigenvalue weighted by molar-refractivity contribution is -0.130. The maximum Gasteiger partial charge on any atom is 0.236 e. The van der Waals surface area contributed by atoms with Crippen LogP contribution in [0, 0.1) is 6.92 Å². The summed E-state index contributed by atoms with van der Waals surface area (Å²) in [7, 11) is 0. The quantitative estimate of drug-likeness (QED) is 0.907. The molecule has 0 radical (unpaired) electrons. The summed E-state index contributed by atoms with van der Waals surface area (Å²) in [5.74, 6) is 0.680. The number of aryl methyl sites for hydroxylation is 1. The largest absolute Gasteiger partial charge is 0.377 e. The van der Waals surface area contributed by atoms with Gasteiger partial charge in [0.05, 0.1) is 12.6 Å². The highest BCUT2D eigenvalue weighted by Gasteiger charge is 2.33. The second kappa shape index (κ2) is 7.45. The van der Waals surface area contributed by atoms with Gasteiger partial charge in [0.1, 0.15) is 0 Å². The summed E-state index contributed by atoms with van der Waals surface area (Å²) < 4.78 is 5.58. The van der Waals surface area contributed by atoms with E-state index in [0.29, 0.717) is 24.6 Å². The normalized spacial score (nSPS) is 27.6. The number of nitrogens with one attached hydrogen (secondary N) is 1. The van der Waals surface area contributed by atoms with Gasteiger partial charge in [0.2, 0.25) is 5.91 Å². The summed E-state index contributed by atoms with van der Waals surface area (Å²) in [5, 5.41) is 3.27. The summed E-state index contributed by atoms with van der Waals surface area (Å²) >= 11 is 0. The SMILES string of the molecule is Cc1ccccc1[C@@H]1C[C@H](C)N(C(=O)CNC[C@@H]2CCCO2)C1. The van der Waals surface area contributed by atoms with E-state index in [1.165, 1.54) is 11.1 Å². The molecule has 2 saturated heterocycles. The standard InChI is InChI=1S/C19H28N2O2/c1-14-6-3-4-8-18(14)16-10-15(2)21(13-16)19(22)12-20-11-17-7-5-9-23-17/h3-4,6,8,15-17,20H,5,7,9-13H2,1-2H3/t15-,16+,17-/m0/s1. The van der Waals surface area contributed by atoms with Crippen LogP contribution in [0.5, 0.6) is 0 Å². The highest BCUT2D eigenvalue weighted by Crippen LogP contribution is 2.33. The maximum atomic E-state index is 12.5. The molecule has 0 aromatic heterocycles. The highest BCUT2D eigenvalue weighted by atomic mass is 16.5. The van der Waals surface area contributed by atoms with Gasteiger partial charge in [-0.1, -0.05) is 24.3 Å². The van der Waals surface area contributed by atoms with Crippen molar-refractivity contribution in [3.05, 3.63) is 35.4 Å². The number of hydrogen-bond acceptors (Lipinski definition) is 3. The van der Waals surface area contributed by atoms with Gasteiger partial charge in [-0.15, -0.1) is 0 Å². The monoisotopic (exact) mass is 316 g/mol. The van der Waals surface area contributed by atoms with Gasteiger partial charge in [-0.25, -0.2) is 0 Å². The number of rotatable bonds is 5. The Balaban J connectivity index is 1.51. The smallest absolute Gasteiger partial charge is 0.236 e. The fourth-order valence-electron chi connectivity index (χ4n) is 3.90. The average molecular weight is 316 g/mol. The first-order valence-electron chi connectivity index (χ1n) is 8.82. The Morgan fingerprint density at radius 3 is 2.96 bits per heavy atom. The van der Waals surface area contributed by atoms with Gasteiger partial charge in [0, 0.05) is 31.7 Å². The predicted octanol–water partition coefficient (Wildman–Crippen LogP) is 2.47. The van der Waals surface area contributed by atoms with Crippen molar-refractivity contribution in [1.29, 1.82) is 0 Å².